The predicted octanol–water partition coefficient (Wildman–Crippen LogP) is 3.25. The standard InChI is InChI=1S/C12H8BrF3N2O/c13-6-4-2-1-3-5(4)8-9(7(6)14)18-12(19)10(17-8)11(15)16/h11H,1-3H2,(H,18,19). The number of halogens is 4. The molecule has 1 heterocycles. The second-order valence-electron chi connectivity index (χ2n) is 4.41. The van der Waals surface area contributed by atoms with Gasteiger partial charge in [-0.1, -0.05) is 0 Å². The summed E-state index contributed by atoms with van der Waals surface area (Å²) >= 11 is 3.15. The van der Waals surface area contributed by atoms with Crippen molar-refractivity contribution in [2.45, 2.75) is 25.7 Å². The van der Waals surface area contributed by atoms with Crippen LogP contribution in [0, 0.1) is 5.82 Å². The highest BCUT2D eigenvalue weighted by Crippen LogP contribution is 2.36. The Kier molecular flexibility index (Phi) is 2.88. The molecule has 0 saturated carbocycles. The van der Waals surface area contributed by atoms with Crippen molar-refractivity contribution in [3.05, 3.63) is 37.5 Å². The third kappa shape index (κ3) is 1.79. The minimum Gasteiger partial charge on any atom is -0.316 e. The summed E-state index contributed by atoms with van der Waals surface area (Å²) in [6.07, 6.45) is -0.839. The summed E-state index contributed by atoms with van der Waals surface area (Å²) in [5.41, 5.74) is -0.384. The summed E-state index contributed by atoms with van der Waals surface area (Å²) < 4.78 is 39.8. The average Bonchev–Trinajstić information content (AvgIpc) is 2.84. The van der Waals surface area contributed by atoms with Crippen LogP contribution in [-0.2, 0) is 12.8 Å². The average molecular weight is 333 g/mol. The Hall–Kier alpha value is -1.37. The molecule has 0 fully saturated rings. The maximum absolute atomic E-state index is 14.1. The van der Waals surface area contributed by atoms with E-state index >= 15 is 0 Å². The van der Waals surface area contributed by atoms with Crippen molar-refractivity contribution in [1.82, 2.24) is 9.97 Å². The van der Waals surface area contributed by atoms with Crippen molar-refractivity contribution >= 4 is 27.0 Å². The number of aromatic nitrogens is 2. The maximum Gasteiger partial charge on any atom is 0.285 e. The van der Waals surface area contributed by atoms with Crippen LogP contribution in [-0.4, -0.2) is 9.97 Å². The van der Waals surface area contributed by atoms with Gasteiger partial charge in [0.15, 0.2) is 11.5 Å². The van der Waals surface area contributed by atoms with Gasteiger partial charge in [0.05, 0.1) is 9.99 Å². The maximum atomic E-state index is 14.1. The van der Waals surface area contributed by atoms with Gasteiger partial charge in [0, 0.05) is 0 Å². The summed E-state index contributed by atoms with van der Waals surface area (Å²) in [5.74, 6) is -0.652. The Morgan fingerprint density at radius 2 is 1.95 bits per heavy atom. The third-order valence-electron chi connectivity index (χ3n) is 3.33. The van der Waals surface area contributed by atoms with E-state index in [1.165, 1.54) is 0 Å². The van der Waals surface area contributed by atoms with Crippen LogP contribution in [0.25, 0.3) is 11.0 Å². The second kappa shape index (κ2) is 4.33. The highest BCUT2D eigenvalue weighted by molar-refractivity contribution is 9.10. The van der Waals surface area contributed by atoms with Gasteiger partial charge in [-0.25, -0.2) is 18.2 Å². The first-order valence-corrected chi connectivity index (χ1v) is 6.50. The fourth-order valence-electron chi connectivity index (χ4n) is 2.48. The van der Waals surface area contributed by atoms with Crippen molar-refractivity contribution in [2.24, 2.45) is 0 Å². The van der Waals surface area contributed by atoms with Crippen molar-refractivity contribution in [3.63, 3.8) is 0 Å². The van der Waals surface area contributed by atoms with Crippen molar-refractivity contribution in [3.8, 4) is 0 Å². The SMILES string of the molecule is O=c1[nH]c2c(F)c(Br)c3c(c2nc1C(F)F)CCC3. The van der Waals surface area contributed by atoms with Gasteiger partial charge in [-0.15, -0.1) is 0 Å². The van der Waals surface area contributed by atoms with Crippen LogP contribution in [0.4, 0.5) is 13.2 Å². The molecule has 0 atom stereocenters. The monoisotopic (exact) mass is 332 g/mol. The van der Waals surface area contributed by atoms with E-state index in [9.17, 15) is 18.0 Å². The molecule has 0 radical (unpaired) electrons. The summed E-state index contributed by atoms with van der Waals surface area (Å²) in [4.78, 5) is 17.3. The minimum atomic E-state index is -2.98. The van der Waals surface area contributed by atoms with E-state index in [0.717, 1.165) is 17.5 Å². The fraction of sp³-hybridized carbons (Fsp3) is 0.333. The molecule has 3 rings (SSSR count). The van der Waals surface area contributed by atoms with Gasteiger partial charge in [-0.05, 0) is 46.3 Å². The molecule has 19 heavy (non-hydrogen) atoms. The van der Waals surface area contributed by atoms with Gasteiger partial charge in [0.25, 0.3) is 12.0 Å². The van der Waals surface area contributed by atoms with Crippen LogP contribution >= 0.6 is 15.9 Å². The van der Waals surface area contributed by atoms with Gasteiger partial charge in [-0.2, -0.15) is 0 Å². The molecule has 0 bridgehead atoms. The first kappa shape index (κ1) is 12.7. The van der Waals surface area contributed by atoms with E-state index < -0.39 is 23.5 Å². The molecule has 0 saturated heterocycles. The van der Waals surface area contributed by atoms with Gasteiger partial charge < -0.3 is 4.98 Å². The molecule has 1 aromatic carbocycles. The molecule has 0 aliphatic heterocycles. The lowest BCUT2D eigenvalue weighted by atomic mass is 10.1. The number of benzene rings is 1. The van der Waals surface area contributed by atoms with Crippen molar-refractivity contribution in [1.29, 1.82) is 0 Å². The molecular weight excluding hydrogens is 325 g/mol. The van der Waals surface area contributed by atoms with E-state index in [1.807, 2.05) is 0 Å². The lowest BCUT2D eigenvalue weighted by molar-refractivity contribution is 0.144. The van der Waals surface area contributed by atoms with Crippen molar-refractivity contribution < 1.29 is 13.2 Å². The summed E-state index contributed by atoms with van der Waals surface area (Å²) in [6.45, 7) is 0. The van der Waals surface area contributed by atoms with E-state index in [-0.39, 0.29) is 15.5 Å². The summed E-state index contributed by atoms with van der Waals surface area (Å²) in [5, 5.41) is 0. The molecule has 1 aromatic heterocycles. The number of aromatic amines is 1. The molecule has 0 amide bonds. The smallest absolute Gasteiger partial charge is 0.285 e. The molecule has 2 aromatic rings. The van der Waals surface area contributed by atoms with Crippen LogP contribution in [0.2, 0.25) is 0 Å². The van der Waals surface area contributed by atoms with E-state index in [0.29, 0.717) is 12.8 Å². The highest BCUT2D eigenvalue weighted by Gasteiger charge is 2.25. The molecule has 100 valence electrons. The number of rotatable bonds is 1. The van der Waals surface area contributed by atoms with Crippen molar-refractivity contribution in [2.75, 3.05) is 0 Å². The molecule has 0 unspecified atom stereocenters. The lowest BCUT2D eigenvalue weighted by Crippen LogP contribution is -2.17. The van der Waals surface area contributed by atoms with Crippen LogP contribution in [0.3, 0.4) is 0 Å². The molecule has 1 aliphatic rings. The Labute approximate surface area is 114 Å². The number of fused-ring (bicyclic) bond motifs is 3. The van der Waals surface area contributed by atoms with E-state index in [2.05, 4.69) is 25.9 Å². The zero-order chi connectivity index (χ0) is 13.7. The predicted molar refractivity (Wildman–Crippen MR) is 67.0 cm³/mol. The van der Waals surface area contributed by atoms with Crippen LogP contribution < -0.4 is 5.56 Å². The van der Waals surface area contributed by atoms with Gasteiger partial charge in [0.2, 0.25) is 0 Å². The Bertz CT molecular complexity index is 742. The van der Waals surface area contributed by atoms with Crippen LogP contribution in [0.1, 0.15) is 29.7 Å². The molecule has 0 spiro atoms. The summed E-state index contributed by atoms with van der Waals surface area (Å²) in [7, 11) is 0. The van der Waals surface area contributed by atoms with E-state index in [4.69, 9.17) is 0 Å². The number of nitrogens with one attached hydrogen (secondary N) is 1. The normalized spacial score (nSPS) is 14.4. The Morgan fingerprint density at radius 3 is 2.63 bits per heavy atom. The topological polar surface area (TPSA) is 45.8 Å². The van der Waals surface area contributed by atoms with E-state index in [1.54, 1.807) is 0 Å². The third-order valence-corrected chi connectivity index (χ3v) is 4.15. The zero-order valence-corrected chi connectivity index (χ0v) is 11.2. The minimum absolute atomic E-state index is 0.109. The quantitative estimate of drug-likeness (QED) is 0.871. The number of hydrogen-bond donors (Lipinski definition) is 1. The molecule has 7 heteroatoms. The zero-order valence-electron chi connectivity index (χ0n) is 9.57. The number of hydrogen-bond acceptors (Lipinski definition) is 2. The lowest BCUT2D eigenvalue weighted by Gasteiger charge is -2.10. The molecule has 3 nitrogen and oxygen atoms in total. The second-order valence-corrected chi connectivity index (χ2v) is 5.21. The van der Waals surface area contributed by atoms with Gasteiger partial charge in [0.1, 0.15) is 5.52 Å². The van der Waals surface area contributed by atoms with Crippen LogP contribution in [0.5, 0.6) is 0 Å². The number of aryl methyl sites for hydroxylation is 1. The first-order chi connectivity index (χ1) is 9.00. The number of nitrogens with zero attached hydrogens (tertiary/aromatic N) is 1. The first-order valence-electron chi connectivity index (χ1n) is 5.71. The van der Waals surface area contributed by atoms with Crippen LogP contribution in [0.15, 0.2) is 9.27 Å². The van der Waals surface area contributed by atoms with Gasteiger partial charge in [-0.3, -0.25) is 4.79 Å². The molecule has 1 aliphatic carbocycles. The fourth-order valence-corrected chi connectivity index (χ4v) is 3.11. The number of alkyl halides is 2. The number of H-pyrrole nitrogens is 1. The summed E-state index contributed by atoms with van der Waals surface area (Å²) in [6, 6.07) is 0. The largest absolute Gasteiger partial charge is 0.316 e. The Morgan fingerprint density at radius 1 is 1.26 bits per heavy atom. The van der Waals surface area contributed by atoms with Gasteiger partial charge >= 0.3 is 0 Å². The Balaban J connectivity index is 2.46. The highest BCUT2D eigenvalue weighted by atomic mass is 79.9. The molecule has 1 N–H and O–H groups in total. The molecular formula is C12H8BrF3N2O.